The molecule has 0 aromatic heterocycles. The van der Waals surface area contributed by atoms with E-state index in [2.05, 4.69) is 0 Å². The number of benzene rings is 1. The molecule has 0 atom stereocenters. The first-order valence-electron chi connectivity index (χ1n) is 4.23. The maximum absolute atomic E-state index is 10.9. The molecule has 0 aliphatic rings. The van der Waals surface area contributed by atoms with Gasteiger partial charge in [-0.1, -0.05) is 12.1 Å². The van der Waals surface area contributed by atoms with Gasteiger partial charge < -0.3 is 9.45 Å². The molecule has 78 valence electrons. The molecule has 1 aromatic rings. The van der Waals surface area contributed by atoms with Crippen LogP contribution < -0.4 is 34.5 Å². The number of para-hydroxylation sites is 1. The van der Waals surface area contributed by atoms with Crippen LogP contribution in [-0.4, -0.2) is 26.6 Å². The van der Waals surface area contributed by atoms with E-state index < -0.39 is 10.1 Å². The Kier molecular flexibility index (Phi) is 5.84. The van der Waals surface area contributed by atoms with Gasteiger partial charge in [0.25, 0.3) is 0 Å². The van der Waals surface area contributed by atoms with Gasteiger partial charge in [-0.15, -0.1) is 0 Å². The Hall–Kier alpha value is -0.0700. The van der Waals surface area contributed by atoms with Crippen LogP contribution in [0.4, 0.5) is 5.69 Å². The Morgan fingerprint density at radius 2 is 1.87 bits per heavy atom. The summed E-state index contributed by atoms with van der Waals surface area (Å²) in [6.45, 7) is 2.53. The summed E-state index contributed by atoms with van der Waals surface area (Å²) in [6, 6.07) is 6.19. The molecule has 0 saturated heterocycles. The topological polar surface area (TPSA) is 60.4 Å². The first kappa shape index (κ1) is 14.9. The summed E-state index contributed by atoms with van der Waals surface area (Å²) in [6.07, 6.45) is 0. The standard InChI is InChI=1S/C9H13NO3S.Na/c1-3-10(2)8-6-4-5-7-9(8)14(11,12)13;/h4-7H,3H2,1-2H3,(H,11,12,13);/q;+1/p-1. The first-order valence-corrected chi connectivity index (χ1v) is 5.63. The van der Waals surface area contributed by atoms with Crippen molar-refractivity contribution < 1.29 is 42.5 Å². The van der Waals surface area contributed by atoms with E-state index in [-0.39, 0.29) is 34.5 Å². The minimum atomic E-state index is -4.38. The fraction of sp³-hybridized carbons (Fsp3) is 0.333. The predicted octanol–water partition coefficient (Wildman–Crippen LogP) is -1.95. The third kappa shape index (κ3) is 3.77. The molecule has 4 nitrogen and oxygen atoms in total. The Bertz CT molecular complexity index is 419. The molecule has 6 heteroatoms. The quantitative estimate of drug-likeness (QED) is 0.453. The summed E-state index contributed by atoms with van der Waals surface area (Å²) in [5, 5.41) is 0. The van der Waals surface area contributed by atoms with Crippen molar-refractivity contribution in [2.45, 2.75) is 11.8 Å². The maximum Gasteiger partial charge on any atom is 1.00 e. The van der Waals surface area contributed by atoms with Crippen LogP contribution in [0.2, 0.25) is 0 Å². The second-order valence-electron chi connectivity index (χ2n) is 2.94. The monoisotopic (exact) mass is 237 g/mol. The normalized spacial score (nSPS) is 10.6. The molecule has 0 heterocycles. The van der Waals surface area contributed by atoms with Gasteiger partial charge in [-0.2, -0.15) is 0 Å². The number of nitrogens with zero attached hydrogens (tertiary/aromatic N) is 1. The summed E-state index contributed by atoms with van der Waals surface area (Å²) < 4.78 is 32.7. The van der Waals surface area contributed by atoms with Gasteiger partial charge in [-0.3, -0.25) is 0 Å². The van der Waals surface area contributed by atoms with Crippen LogP contribution in [0.15, 0.2) is 29.2 Å². The van der Waals surface area contributed by atoms with Crippen molar-refractivity contribution >= 4 is 15.8 Å². The fourth-order valence-electron chi connectivity index (χ4n) is 1.15. The summed E-state index contributed by atoms with van der Waals surface area (Å²) in [5.74, 6) is 0. The summed E-state index contributed by atoms with van der Waals surface area (Å²) in [7, 11) is -2.64. The van der Waals surface area contributed by atoms with Crippen LogP contribution in [0.3, 0.4) is 0 Å². The largest absolute Gasteiger partial charge is 1.00 e. The predicted molar refractivity (Wildman–Crippen MR) is 53.3 cm³/mol. The van der Waals surface area contributed by atoms with Gasteiger partial charge in [-0.05, 0) is 19.1 Å². The Morgan fingerprint density at radius 3 is 2.33 bits per heavy atom. The molecule has 0 fully saturated rings. The average Bonchev–Trinajstić information content (AvgIpc) is 2.15. The fourth-order valence-corrected chi connectivity index (χ4v) is 1.88. The number of rotatable bonds is 3. The van der Waals surface area contributed by atoms with E-state index in [1.807, 2.05) is 6.92 Å². The van der Waals surface area contributed by atoms with Gasteiger partial charge in [0, 0.05) is 13.6 Å². The second kappa shape index (κ2) is 5.86. The molecule has 0 N–H and O–H groups in total. The zero-order chi connectivity index (χ0) is 10.8. The number of hydrogen-bond acceptors (Lipinski definition) is 4. The molecule has 0 aliphatic heterocycles. The smallest absolute Gasteiger partial charge is 0.744 e. The summed E-state index contributed by atoms with van der Waals surface area (Å²) in [5.41, 5.74) is 0.449. The molecule has 0 bridgehead atoms. The van der Waals surface area contributed by atoms with Crippen molar-refractivity contribution in [3.8, 4) is 0 Å². The van der Waals surface area contributed by atoms with Gasteiger partial charge in [0.05, 0.1) is 10.6 Å². The molecule has 0 saturated carbocycles. The number of hydrogen-bond donors (Lipinski definition) is 0. The molecule has 0 unspecified atom stereocenters. The van der Waals surface area contributed by atoms with Crippen molar-refractivity contribution in [3.63, 3.8) is 0 Å². The molecule has 0 radical (unpaired) electrons. The number of anilines is 1. The molecule has 1 aromatic carbocycles. The molecular formula is C9H12NNaO3S. The Labute approximate surface area is 112 Å². The van der Waals surface area contributed by atoms with Gasteiger partial charge in [0.15, 0.2) is 0 Å². The van der Waals surface area contributed by atoms with E-state index in [9.17, 15) is 13.0 Å². The molecule has 0 spiro atoms. The third-order valence-corrected chi connectivity index (χ3v) is 2.90. The third-order valence-electron chi connectivity index (χ3n) is 2.02. The van der Waals surface area contributed by atoms with E-state index in [0.717, 1.165) is 0 Å². The SMILES string of the molecule is CCN(C)c1ccccc1S(=O)(=O)[O-].[Na+]. The van der Waals surface area contributed by atoms with E-state index in [1.165, 1.54) is 12.1 Å². The molecule has 1 rings (SSSR count). The Morgan fingerprint density at radius 1 is 1.33 bits per heavy atom. The van der Waals surface area contributed by atoms with Gasteiger partial charge in [0.2, 0.25) is 0 Å². The first-order chi connectivity index (χ1) is 6.46. The van der Waals surface area contributed by atoms with Crippen LogP contribution in [0.25, 0.3) is 0 Å². The van der Waals surface area contributed by atoms with Crippen LogP contribution in [0.1, 0.15) is 6.92 Å². The summed E-state index contributed by atoms with van der Waals surface area (Å²) in [4.78, 5) is 1.55. The van der Waals surface area contributed by atoms with Gasteiger partial charge in [0.1, 0.15) is 10.1 Å². The minimum absolute atomic E-state index is 0. The molecular weight excluding hydrogens is 225 g/mol. The molecule has 15 heavy (non-hydrogen) atoms. The van der Waals surface area contributed by atoms with E-state index in [0.29, 0.717) is 12.2 Å². The van der Waals surface area contributed by atoms with Crippen molar-refractivity contribution in [1.29, 1.82) is 0 Å². The van der Waals surface area contributed by atoms with Crippen molar-refractivity contribution in [2.24, 2.45) is 0 Å². The van der Waals surface area contributed by atoms with E-state index >= 15 is 0 Å². The van der Waals surface area contributed by atoms with Crippen LogP contribution >= 0.6 is 0 Å². The summed E-state index contributed by atoms with van der Waals surface area (Å²) >= 11 is 0. The van der Waals surface area contributed by atoms with Gasteiger partial charge in [-0.25, -0.2) is 8.42 Å². The second-order valence-corrected chi connectivity index (χ2v) is 4.28. The average molecular weight is 237 g/mol. The maximum atomic E-state index is 10.9. The van der Waals surface area contributed by atoms with Crippen molar-refractivity contribution in [1.82, 2.24) is 0 Å². The Balaban J connectivity index is 0.00000196. The minimum Gasteiger partial charge on any atom is -0.744 e. The van der Waals surface area contributed by atoms with Crippen LogP contribution in [0.5, 0.6) is 0 Å². The molecule has 0 amide bonds. The zero-order valence-electron chi connectivity index (χ0n) is 9.10. The van der Waals surface area contributed by atoms with Gasteiger partial charge >= 0.3 is 29.6 Å². The van der Waals surface area contributed by atoms with Crippen LogP contribution in [0, 0.1) is 0 Å². The van der Waals surface area contributed by atoms with Crippen molar-refractivity contribution in [3.05, 3.63) is 24.3 Å². The van der Waals surface area contributed by atoms with Crippen LogP contribution in [-0.2, 0) is 10.1 Å². The van der Waals surface area contributed by atoms with Crippen molar-refractivity contribution in [2.75, 3.05) is 18.5 Å². The molecule has 0 aliphatic carbocycles. The zero-order valence-corrected chi connectivity index (χ0v) is 11.9. The van der Waals surface area contributed by atoms with E-state index in [4.69, 9.17) is 0 Å². The van der Waals surface area contributed by atoms with E-state index in [1.54, 1.807) is 24.1 Å².